The van der Waals surface area contributed by atoms with Crippen molar-refractivity contribution >= 4 is 29.4 Å². The van der Waals surface area contributed by atoms with E-state index in [-0.39, 0.29) is 5.91 Å². The van der Waals surface area contributed by atoms with Crippen LogP contribution in [0, 0.1) is 27.7 Å². The average molecular weight is 515 g/mol. The summed E-state index contributed by atoms with van der Waals surface area (Å²) in [6, 6.07) is 13.5. The van der Waals surface area contributed by atoms with Gasteiger partial charge in [-0.1, -0.05) is 0 Å². The fourth-order valence-corrected chi connectivity index (χ4v) is 6.71. The van der Waals surface area contributed by atoms with Gasteiger partial charge in [0.1, 0.15) is 5.00 Å². The van der Waals surface area contributed by atoms with Crippen LogP contribution in [0.3, 0.4) is 0 Å². The smallest absolute Gasteiger partial charge is 0.339 e. The third-order valence-corrected chi connectivity index (χ3v) is 8.35. The first-order chi connectivity index (χ1) is 17.8. The van der Waals surface area contributed by atoms with E-state index >= 15 is 0 Å². The molecule has 4 aromatic rings. The van der Waals surface area contributed by atoms with E-state index in [0.717, 1.165) is 70.3 Å². The van der Waals surface area contributed by atoms with Crippen LogP contribution in [0.5, 0.6) is 0 Å². The highest BCUT2D eigenvalue weighted by Gasteiger charge is 2.27. The average Bonchev–Trinajstić information content (AvgIpc) is 3.51. The minimum Gasteiger partial charge on any atom is -0.478 e. The molecule has 0 saturated heterocycles. The van der Waals surface area contributed by atoms with Gasteiger partial charge in [0.25, 0.3) is 5.91 Å². The first kappa shape index (κ1) is 24.8. The number of nitrogens with zero attached hydrogens (tertiary/aromatic N) is 3. The lowest BCUT2D eigenvalue weighted by atomic mass is 9.95. The number of rotatable bonds is 6. The Morgan fingerprint density at radius 1 is 0.946 bits per heavy atom. The predicted octanol–water partition coefficient (Wildman–Crippen LogP) is 5.90. The fraction of sp³-hybridized carbons (Fsp3) is 0.276. The molecule has 1 aromatic carbocycles. The van der Waals surface area contributed by atoms with Gasteiger partial charge in [-0.3, -0.25) is 4.79 Å². The van der Waals surface area contributed by atoms with Crippen molar-refractivity contribution in [2.75, 3.05) is 0 Å². The van der Waals surface area contributed by atoms with E-state index in [0.29, 0.717) is 11.1 Å². The quantitative estimate of drug-likeness (QED) is 0.248. The number of aromatic nitrogens is 2. The number of carbonyl (C=O) groups is 2. The molecule has 1 aliphatic rings. The number of amides is 1. The number of hydrogen-bond acceptors (Lipinski definition) is 4. The fourth-order valence-electron chi connectivity index (χ4n) is 5.22. The van der Waals surface area contributed by atoms with Gasteiger partial charge in [-0.05, 0) is 101 Å². The van der Waals surface area contributed by atoms with Gasteiger partial charge in [-0.2, -0.15) is 5.10 Å². The van der Waals surface area contributed by atoms with Crippen LogP contribution < -0.4 is 5.43 Å². The first-order valence-corrected chi connectivity index (χ1v) is 13.2. The van der Waals surface area contributed by atoms with E-state index in [1.54, 1.807) is 29.7 Å². The van der Waals surface area contributed by atoms with E-state index in [4.69, 9.17) is 0 Å². The van der Waals surface area contributed by atoms with Gasteiger partial charge in [0.2, 0.25) is 0 Å². The Bertz CT molecular complexity index is 1520. The second kappa shape index (κ2) is 9.86. The van der Waals surface area contributed by atoms with Crippen molar-refractivity contribution in [2.45, 2.75) is 53.4 Å². The van der Waals surface area contributed by atoms with Crippen LogP contribution in [0.25, 0.3) is 10.7 Å². The predicted molar refractivity (Wildman–Crippen MR) is 147 cm³/mol. The van der Waals surface area contributed by atoms with E-state index < -0.39 is 5.97 Å². The Morgan fingerprint density at radius 2 is 1.62 bits per heavy atom. The number of hydrazone groups is 1. The second-order valence-electron chi connectivity index (χ2n) is 9.56. The highest BCUT2D eigenvalue weighted by Crippen LogP contribution is 2.38. The van der Waals surface area contributed by atoms with E-state index in [2.05, 4.69) is 41.1 Å². The molecular weight excluding hydrogens is 484 g/mol. The van der Waals surface area contributed by atoms with Crippen LogP contribution in [-0.4, -0.2) is 32.3 Å². The summed E-state index contributed by atoms with van der Waals surface area (Å²) >= 11 is 1.58. The molecule has 2 N–H and O–H groups in total. The summed E-state index contributed by atoms with van der Waals surface area (Å²) in [5.74, 6) is -1.17. The monoisotopic (exact) mass is 514 g/mol. The molecule has 0 atom stereocenters. The maximum absolute atomic E-state index is 12.7. The number of carboxylic acid groups (broad SMARTS) is 1. The summed E-state index contributed by atoms with van der Waals surface area (Å²) in [4.78, 5) is 26.0. The number of thiophene rings is 1. The highest BCUT2D eigenvalue weighted by atomic mass is 32.1. The Labute approximate surface area is 220 Å². The third kappa shape index (κ3) is 4.53. The Balaban J connectivity index is 1.35. The molecule has 0 spiro atoms. The molecule has 3 heterocycles. The molecule has 0 aliphatic heterocycles. The zero-order chi connectivity index (χ0) is 26.3. The minimum atomic E-state index is -0.877. The van der Waals surface area contributed by atoms with Gasteiger partial charge in [-0.25, -0.2) is 10.2 Å². The molecule has 5 rings (SSSR count). The molecule has 190 valence electrons. The number of hydrogen-bond donors (Lipinski definition) is 2. The van der Waals surface area contributed by atoms with Crippen molar-refractivity contribution in [3.8, 4) is 10.7 Å². The van der Waals surface area contributed by atoms with Crippen LogP contribution in [-0.2, 0) is 12.8 Å². The Kier molecular flexibility index (Phi) is 6.60. The molecule has 0 saturated carbocycles. The lowest BCUT2D eigenvalue weighted by Crippen LogP contribution is -2.17. The summed E-state index contributed by atoms with van der Waals surface area (Å²) in [5, 5.41) is 14.9. The molecule has 8 heteroatoms. The summed E-state index contributed by atoms with van der Waals surface area (Å²) in [6.07, 6.45) is 5.50. The molecule has 0 radical (unpaired) electrons. The van der Waals surface area contributed by atoms with E-state index in [1.165, 1.54) is 4.88 Å². The maximum atomic E-state index is 12.7. The van der Waals surface area contributed by atoms with Gasteiger partial charge in [0.05, 0.1) is 11.8 Å². The van der Waals surface area contributed by atoms with Crippen molar-refractivity contribution in [1.82, 2.24) is 14.6 Å². The number of aryl methyl sites for hydroxylation is 4. The number of fused-ring (bicyclic) bond motifs is 1. The molecule has 0 bridgehead atoms. The molecule has 0 fully saturated rings. The molecular formula is C29H30N4O3S. The standard InChI is InChI=1S/C29H30N4O3S/c1-17-9-10-18(2)32(17)23-13-11-21(12-14-23)27(34)31-30-16-22-15-19(3)33(20(22)4)28-26(29(35)36)24-7-5-6-8-25(24)37-28/h9-16H,5-8H2,1-4H3,(H,31,34)(H,35,36)/b30-16-. The topological polar surface area (TPSA) is 88.6 Å². The van der Waals surface area contributed by atoms with Crippen LogP contribution >= 0.6 is 11.3 Å². The maximum Gasteiger partial charge on any atom is 0.339 e. The third-order valence-electron chi connectivity index (χ3n) is 7.07. The number of benzene rings is 1. The molecule has 37 heavy (non-hydrogen) atoms. The lowest BCUT2D eigenvalue weighted by Gasteiger charge is -2.11. The number of carboxylic acids is 1. The lowest BCUT2D eigenvalue weighted by molar-refractivity contribution is 0.0695. The second-order valence-corrected chi connectivity index (χ2v) is 10.6. The van der Waals surface area contributed by atoms with E-state index in [1.807, 2.05) is 36.6 Å². The number of aromatic carboxylic acids is 1. The van der Waals surface area contributed by atoms with Crippen LogP contribution in [0.15, 0.2) is 47.6 Å². The minimum absolute atomic E-state index is 0.295. The Morgan fingerprint density at radius 3 is 2.30 bits per heavy atom. The largest absolute Gasteiger partial charge is 0.478 e. The zero-order valence-electron chi connectivity index (χ0n) is 21.5. The molecule has 1 amide bonds. The van der Waals surface area contributed by atoms with Crippen LogP contribution in [0.1, 0.15) is 72.3 Å². The van der Waals surface area contributed by atoms with Gasteiger partial charge >= 0.3 is 5.97 Å². The van der Waals surface area contributed by atoms with Gasteiger partial charge in [0, 0.05) is 44.5 Å². The highest BCUT2D eigenvalue weighted by molar-refractivity contribution is 7.15. The van der Waals surface area contributed by atoms with E-state index in [9.17, 15) is 14.7 Å². The summed E-state index contributed by atoms with van der Waals surface area (Å²) in [6.45, 7) is 8.01. The molecule has 7 nitrogen and oxygen atoms in total. The summed E-state index contributed by atoms with van der Waals surface area (Å²) in [5.41, 5.74) is 10.5. The van der Waals surface area contributed by atoms with Crippen molar-refractivity contribution in [3.63, 3.8) is 0 Å². The molecule has 1 aliphatic carbocycles. The van der Waals surface area contributed by atoms with Crippen molar-refractivity contribution in [2.24, 2.45) is 5.10 Å². The normalized spacial score (nSPS) is 13.2. The zero-order valence-corrected chi connectivity index (χ0v) is 22.3. The van der Waals surface area contributed by atoms with Crippen molar-refractivity contribution in [1.29, 1.82) is 0 Å². The number of nitrogens with one attached hydrogen (secondary N) is 1. The van der Waals surface area contributed by atoms with Gasteiger partial charge in [-0.15, -0.1) is 11.3 Å². The Hall–Kier alpha value is -3.91. The molecule has 0 unspecified atom stereocenters. The van der Waals surface area contributed by atoms with Crippen LogP contribution in [0.4, 0.5) is 0 Å². The first-order valence-electron chi connectivity index (χ1n) is 12.4. The summed E-state index contributed by atoms with van der Waals surface area (Å²) in [7, 11) is 0. The van der Waals surface area contributed by atoms with Crippen molar-refractivity contribution < 1.29 is 14.7 Å². The number of carbonyl (C=O) groups excluding carboxylic acids is 1. The molecule has 3 aromatic heterocycles. The SMILES string of the molecule is Cc1ccc(C)n1-c1ccc(C(=O)N/N=C\c2cc(C)n(-c3sc4c(c3C(=O)O)CCCC4)c2C)cc1. The summed E-state index contributed by atoms with van der Waals surface area (Å²) < 4.78 is 4.13. The van der Waals surface area contributed by atoms with Gasteiger partial charge in [0.15, 0.2) is 0 Å². The van der Waals surface area contributed by atoms with Gasteiger partial charge < -0.3 is 14.2 Å². The van der Waals surface area contributed by atoms with Crippen LogP contribution in [0.2, 0.25) is 0 Å². The van der Waals surface area contributed by atoms with Crippen molar-refractivity contribution in [3.05, 3.63) is 92.4 Å².